The van der Waals surface area contributed by atoms with Gasteiger partial charge in [-0.05, 0) is 80.3 Å². The number of piperidine rings is 2. The molecule has 2 saturated heterocycles. The zero-order valence-electron chi connectivity index (χ0n) is 23.6. The van der Waals surface area contributed by atoms with E-state index in [1.165, 1.54) is 17.2 Å². The minimum Gasteiger partial charge on any atom is -0.382 e. The van der Waals surface area contributed by atoms with Gasteiger partial charge in [0.25, 0.3) is 5.69 Å². The van der Waals surface area contributed by atoms with Crippen molar-refractivity contribution in [1.82, 2.24) is 9.80 Å². The van der Waals surface area contributed by atoms with E-state index in [9.17, 15) is 28.1 Å². The molecule has 1 N–H and O–H groups in total. The fraction of sp³-hybridized carbons (Fsp3) is 0.469. The van der Waals surface area contributed by atoms with Gasteiger partial charge in [0.05, 0.1) is 4.92 Å². The van der Waals surface area contributed by atoms with E-state index < -0.39 is 22.4 Å². The minimum absolute atomic E-state index is 0.108. The van der Waals surface area contributed by atoms with Crippen LogP contribution in [-0.2, 0) is 11.0 Å². The molecule has 1 unspecified atom stereocenters. The van der Waals surface area contributed by atoms with Gasteiger partial charge in [0.15, 0.2) is 0 Å². The molecule has 42 heavy (non-hydrogen) atoms. The molecule has 2 fully saturated rings. The van der Waals surface area contributed by atoms with Crippen molar-refractivity contribution in [1.29, 1.82) is 0 Å². The molecule has 2 aromatic carbocycles. The number of benzene rings is 2. The number of nitrogens with zero attached hydrogens (tertiary/aromatic N) is 3. The van der Waals surface area contributed by atoms with Crippen molar-refractivity contribution < 1.29 is 22.9 Å². The summed E-state index contributed by atoms with van der Waals surface area (Å²) in [6.45, 7) is 3.80. The molecule has 0 bridgehead atoms. The normalized spacial score (nSPS) is 20.8. The Hall–Kier alpha value is -3.66. The second-order valence-corrected chi connectivity index (χ2v) is 11.5. The molecule has 224 valence electrons. The van der Waals surface area contributed by atoms with Crippen molar-refractivity contribution in [3.8, 4) is 0 Å². The lowest BCUT2D eigenvalue weighted by atomic mass is 9.79. The molecule has 0 saturated carbocycles. The van der Waals surface area contributed by atoms with Crippen molar-refractivity contribution in [3.63, 3.8) is 0 Å². The molecule has 1 aliphatic carbocycles. The van der Waals surface area contributed by atoms with Gasteiger partial charge in [0, 0.05) is 43.9 Å². The van der Waals surface area contributed by atoms with Crippen LogP contribution in [0.3, 0.4) is 0 Å². The molecule has 0 radical (unpaired) electrons. The first-order chi connectivity index (χ1) is 20.2. The Morgan fingerprint density at radius 2 is 1.71 bits per heavy atom. The zero-order chi connectivity index (χ0) is 29.7. The number of allylic oxidation sites excluding steroid dienone is 4. The first kappa shape index (κ1) is 29.8. The summed E-state index contributed by atoms with van der Waals surface area (Å²) in [6.07, 6.45) is 7.18. The number of nitro groups is 1. The van der Waals surface area contributed by atoms with Crippen LogP contribution in [0.1, 0.15) is 49.7 Å². The van der Waals surface area contributed by atoms with E-state index >= 15 is 0 Å². The highest BCUT2D eigenvalue weighted by Gasteiger charge is 2.38. The van der Waals surface area contributed by atoms with Crippen LogP contribution >= 0.6 is 0 Å². The fourth-order valence-electron chi connectivity index (χ4n) is 6.37. The summed E-state index contributed by atoms with van der Waals surface area (Å²) >= 11 is 0. The summed E-state index contributed by atoms with van der Waals surface area (Å²) in [7, 11) is 0. The quantitative estimate of drug-likeness (QED) is 0.274. The monoisotopic (exact) mass is 582 g/mol. The van der Waals surface area contributed by atoms with Gasteiger partial charge >= 0.3 is 6.18 Å². The summed E-state index contributed by atoms with van der Waals surface area (Å²) in [6, 6.07) is 13.3. The highest BCUT2D eigenvalue weighted by molar-refractivity contribution is 5.76. The molecular formula is C32H37F3N4O3. The van der Waals surface area contributed by atoms with E-state index in [0.717, 1.165) is 51.0 Å². The minimum atomic E-state index is -4.82. The molecule has 2 aliphatic heterocycles. The van der Waals surface area contributed by atoms with Crippen molar-refractivity contribution in [2.75, 3.05) is 38.0 Å². The van der Waals surface area contributed by atoms with Gasteiger partial charge < -0.3 is 15.1 Å². The highest BCUT2D eigenvalue weighted by Crippen LogP contribution is 2.38. The Balaban J connectivity index is 1.02. The Labute approximate surface area is 244 Å². The number of halogens is 3. The maximum atomic E-state index is 13.3. The molecule has 5 rings (SSSR count). The van der Waals surface area contributed by atoms with Gasteiger partial charge in [-0.15, -0.1) is 0 Å². The number of hydrogen-bond donors (Lipinski definition) is 1. The second-order valence-electron chi connectivity index (χ2n) is 11.5. The Morgan fingerprint density at radius 1 is 1.00 bits per heavy atom. The lowest BCUT2D eigenvalue weighted by molar-refractivity contribution is -0.388. The smallest absolute Gasteiger partial charge is 0.382 e. The highest BCUT2D eigenvalue weighted by atomic mass is 19.4. The van der Waals surface area contributed by atoms with Crippen molar-refractivity contribution in [3.05, 3.63) is 88.0 Å². The number of carbonyl (C=O) groups excluding carboxylic acids is 1. The van der Waals surface area contributed by atoms with Gasteiger partial charge in [-0.1, -0.05) is 48.6 Å². The predicted octanol–water partition coefficient (Wildman–Crippen LogP) is 6.78. The lowest BCUT2D eigenvalue weighted by Gasteiger charge is -2.36. The number of alkyl halides is 3. The topological polar surface area (TPSA) is 78.7 Å². The molecule has 0 aromatic heterocycles. The first-order valence-corrected chi connectivity index (χ1v) is 14.7. The Bertz CT molecular complexity index is 1310. The third-order valence-electron chi connectivity index (χ3n) is 8.84. The standard InChI is InChI=1S/C32H37F3N4O3/c33-32(34,35)29-22-28(10-11-30(29)39(41)42)36-27-14-20-38(21-15-27)31(40)16-19-37-17-12-26(13-18-37)25-8-6-24(7-9-25)23-4-2-1-3-5-23/h1-8,10-11,22,25-27,36H,9,12-21H2. The number of hydrogen-bond acceptors (Lipinski definition) is 5. The summed E-state index contributed by atoms with van der Waals surface area (Å²) in [4.78, 5) is 27.1. The number of anilines is 1. The molecule has 3 aliphatic rings. The number of rotatable bonds is 8. The van der Waals surface area contributed by atoms with Crippen LogP contribution in [0.15, 0.2) is 66.8 Å². The molecule has 7 nitrogen and oxygen atoms in total. The number of likely N-dealkylation sites (tertiary alicyclic amines) is 2. The van der Waals surface area contributed by atoms with Crippen molar-refractivity contribution >= 4 is 22.9 Å². The van der Waals surface area contributed by atoms with Crippen LogP contribution in [0.2, 0.25) is 0 Å². The molecular weight excluding hydrogens is 545 g/mol. The summed E-state index contributed by atoms with van der Waals surface area (Å²) in [5.41, 5.74) is 0.523. The van der Waals surface area contributed by atoms with E-state index in [0.29, 0.717) is 44.2 Å². The average molecular weight is 583 g/mol. The number of carbonyl (C=O) groups is 1. The molecule has 10 heteroatoms. The second kappa shape index (κ2) is 13.1. The lowest BCUT2D eigenvalue weighted by Crippen LogP contribution is -2.44. The molecule has 1 amide bonds. The molecule has 2 aromatic rings. The van der Waals surface area contributed by atoms with Crippen LogP contribution in [0, 0.1) is 22.0 Å². The predicted molar refractivity (Wildman–Crippen MR) is 157 cm³/mol. The van der Waals surface area contributed by atoms with Crippen LogP contribution in [0.25, 0.3) is 5.57 Å². The largest absolute Gasteiger partial charge is 0.423 e. The van der Waals surface area contributed by atoms with E-state index in [1.807, 2.05) is 11.0 Å². The maximum absolute atomic E-state index is 13.3. The van der Waals surface area contributed by atoms with Gasteiger partial charge in [-0.25, -0.2) is 0 Å². The van der Waals surface area contributed by atoms with Crippen molar-refractivity contribution in [2.24, 2.45) is 11.8 Å². The third kappa shape index (κ3) is 7.40. The number of nitrogens with one attached hydrogen (secondary N) is 1. The van der Waals surface area contributed by atoms with Gasteiger partial charge in [-0.2, -0.15) is 13.2 Å². The summed E-state index contributed by atoms with van der Waals surface area (Å²) < 4.78 is 39.9. The van der Waals surface area contributed by atoms with Crippen molar-refractivity contribution in [2.45, 2.75) is 50.7 Å². The van der Waals surface area contributed by atoms with Crippen LogP contribution in [-0.4, -0.2) is 59.4 Å². The fourth-order valence-corrected chi connectivity index (χ4v) is 6.37. The number of amides is 1. The Kier molecular flexibility index (Phi) is 9.30. The van der Waals surface area contributed by atoms with Crippen LogP contribution in [0.5, 0.6) is 0 Å². The Morgan fingerprint density at radius 3 is 2.33 bits per heavy atom. The van der Waals surface area contributed by atoms with Gasteiger partial charge in [0.1, 0.15) is 5.56 Å². The maximum Gasteiger partial charge on any atom is 0.423 e. The number of nitro benzene ring substituents is 1. The first-order valence-electron chi connectivity index (χ1n) is 14.7. The zero-order valence-corrected chi connectivity index (χ0v) is 23.6. The summed E-state index contributed by atoms with van der Waals surface area (Å²) in [5, 5.41) is 14.1. The van der Waals surface area contributed by atoms with E-state index in [4.69, 9.17) is 0 Å². The van der Waals surface area contributed by atoms with E-state index in [1.54, 1.807) is 0 Å². The summed E-state index contributed by atoms with van der Waals surface area (Å²) in [5.74, 6) is 1.34. The van der Waals surface area contributed by atoms with E-state index in [-0.39, 0.29) is 17.6 Å². The van der Waals surface area contributed by atoms with Gasteiger partial charge in [-0.3, -0.25) is 14.9 Å². The average Bonchev–Trinajstić information content (AvgIpc) is 3.00. The van der Waals surface area contributed by atoms with Gasteiger partial charge in [0.2, 0.25) is 5.91 Å². The van der Waals surface area contributed by atoms with Crippen LogP contribution < -0.4 is 5.32 Å². The molecule has 2 heterocycles. The third-order valence-corrected chi connectivity index (χ3v) is 8.84. The van der Waals surface area contributed by atoms with E-state index in [2.05, 4.69) is 52.7 Å². The SMILES string of the molecule is O=C(CCN1CCC(C2C=CC(c3ccccc3)=CC2)CC1)N1CCC(Nc2ccc([N+](=O)[O-])c(C(F)(F)F)c2)CC1. The molecule has 1 atom stereocenters. The molecule has 0 spiro atoms. The van der Waals surface area contributed by atoms with Crippen LogP contribution in [0.4, 0.5) is 24.5 Å².